The van der Waals surface area contributed by atoms with Crippen LogP contribution in [-0.4, -0.2) is 51.0 Å². The van der Waals surface area contributed by atoms with Gasteiger partial charge in [-0.2, -0.15) is 0 Å². The van der Waals surface area contributed by atoms with E-state index in [1.807, 2.05) is 31.1 Å². The lowest BCUT2D eigenvalue weighted by Gasteiger charge is -2.21. The van der Waals surface area contributed by atoms with Crippen LogP contribution in [0.15, 0.2) is 35.4 Å². The average molecular weight is 356 g/mol. The molecule has 138 valence electrons. The molecule has 3 heterocycles. The van der Waals surface area contributed by atoms with Crippen molar-refractivity contribution in [1.82, 2.24) is 29.7 Å². The van der Waals surface area contributed by atoms with Gasteiger partial charge in [-0.1, -0.05) is 6.07 Å². The lowest BCUT2D eigenvalue weighted by Crippen LogP contribution is -2.39. The van der Waals surface area contributed by atoms with Gasteiger partial charge in [0.05, 0.1) is 12.2 Å². The summed E-state index contributed by atoms with van der Waals surface area (Å²) in [5.41, 5.74) is 1.62. The fourth-order valence-corrected chi connectivity index (χ4v) is 3.01. The summed E-state index contributed by atoms with van der Waals surface area (Å²) in [6.45, 7) is 2.51. The third kappa shape index (κ3) is 4.45. The Morgan fingerprint density at radius 3 is 2.92 bits per heavy atom. The Balaban J connectivity index is 1.72. The van der Waals surface area contributed by atoms with E-state index < -0.39 is 0 Å². The maximum atomic E-state index is 12.6. The number of nitrogens with one attached hydrogen (secondary N) is 1. The molecule has 1 aliphatic heterocycles. The van der Waals surface area contributed by atoms with Gasteiger partial charge in [-0.05, 0) is 32.1 Å². The predicted molar refractivity (Wildman–Crippen MR) is 97.4 cm³/mol. The first-order chi connectivity index (χ1) is 12.5. The van der Waals surface area contributed by atoms with E-state index in [9.17, 15) is 9.59 Å². The van der Waals surface area contributed by atoms with Gasteiger partial charge in [0.2, 0.25) is 0 Å². The van der Waals surface area contributed by atoms with E-state index >= 15 is 0 Å². The molecule has 3 rings (SSSR count). The maximum absolute atomic E-state index is 12.6. The van der Waals surface area contributed by atoms with Crippen LogP contribution in [0.3, 0.4) is 0 Å². The smallest absolute Gasteiger partial charge is 0.318 e. The fraction of sp³-hybridized carbons (Fsp3) is 0.444. The zero-order chi connectivity index (χ0) is 18.5. The van der Waals surface area contributed by atoms with Gasteiger partial charge < -0.3 is 15.1 Å². The van der Waals surface area contributed by atoms with Gasteiger partial charge in [0.1, 0.15) is 5.82 Å². The topological polar surface area (TPSA) is 83.4 Å². The normalized spacial score (nSPS) is 14.0. The van der Waals surface area contributed by atoms with Crippen molar-refractivity contribution in [3.8, 4) is 0 Å². The highest BCUT2D eigenvalue weighted by molar-refractivity contribution is 5.74. The van der Waals surface area contributed by atoms with Crippen LogP contribution >= 0.6 is 0 Å². The Labute approximate surface area is 152 Å². The molecule has 0 aromatic carbocycles. The number of hydrogen-bond acceptors (Lipinski definition) is 5. The minimum Gasteiger partial charge on any atom is -0.334 e. The number of nitrogens with zero attached hydrogens (tertiary/aromatic N) is 5. The molecular weight excluding hydrogens is 332 g/mol. The van der Waals surface area contributed by atoms with E-state index in [1.54, 1.807) is 27.9 Å². The van der Waals surface area contributed by atoms with Crippen LogP contribution in [0.4, 0.5) is 4.79 Å². The second-order valence-electron chi connectivity index (χ2n) is 6.69. The molecule has 0 atom stereocenters. The standard InChI is InChI=1S/C18H24N6O2/c1-22(2)12-15-9-17(25)24-8-4-7-23(13-16(24)21-15)18(26)20-11-14-5-3-6-19-10-14/h3,5-6,9-10H,4,7-8,11-13H2,1-2H3,(H,20,26). The van der Waals surface area contributed by atoms with Crippen LogP contribution in [0, 0.1) is 0 Å². The molecule has 2 aromatic heterocycles. The van der Waals surface area contributed by atoms with Gasteiger partial charge in [-0.3, -0.25) is 14.3 Å². The monoisotopic (exact) mass is 356 g/mol. The highest BCUT2D eigenvalue weighted by atomic mass is 16.2. The molecule has 8 heteroatoms. The lowest BCUT2D eigenvalue weighted by atomic mass is 10.3. The number of aromatic nitrogens is 3. The molecule has 0 bridgehead atoms. The molecule has 8 nitrogen and oxygen atoms in total. The minimum absolute atomic E-state index is 0.0514. The summed E-state index contributed by atoms with van der Waals surface area (Å²) in [5, 5.41) is 2.91. The van der Waals surface area contributed by atoms with Gasteiger partial charge in [-0.25, -0.2) is 9.78 Å². The van der Waals surface area contributed by atoms with Crippen LogP contribution < -0.4 is 10.9 Å². The molecule has 0 saturated heterocycles. The van der Waals surface area contributed by atoms with E-state index in [2.05, 4.69) is 15.3 Å². The van der Waals surface area contributed by atoms with Crippen molar-refractivity contribution in [2.75, 3.05) is 20.6 Å². The van der Waals surface area contributed by atoms with Crippen LogP contribution in [0.25, 0.3) is 0 Å². The van der Waals surface area contributed by atoms with E-state index in [1.165, 1.54) is 0 Å². The van der Waals surface area contributed by atoms with Crippen molar-refractivity contribution in [3.63, 3.8) is 0 Å². The van der Waals surface area contributed by atoms with Crippen LogP contribution in [0.1, 0.15) is 23.5 Å². The number of carbonyl (C=O) groups is 1. The Kier molecular flexibility index (Phi) is 5.62. The zero-order valence-electron chi connectivity index (χ0n) is 15.2. The van der Waals surface area contributed by atoms with E-state index in [4.69, 9.17) is 0 Å². The SMILES string of the molecule is CN(C)Cc1cc(=O)n2c(n1)CN(C(=O)NCc1cccnc1)CCC2. The molecule has 26 heavy (non-hydrogen) atoms. The maximum Gasteiger partial charge on any atom is 0.318 e. The average Bonchev–Trinajstić information content (AvgIpc) is 2.83. The molecule has 0 unspecified atom stereocenters. The predicted octanol–water partition coefficient (Wildman–Crippen LogP) is 0.815. The second-order valence-corrected chi connectivity index (χ2v) is 6.69. The van der Waals surface area contributed by atoms with Crippen molar-refractivity contribution in [2.45, 2.75) is 32.6 Å². The zero-order valence-corrected chi connectivity index (χ0v) is 15.2. The van der Waals surface area contributed by atoms with E-state index in [0.717, 1.165) is 17.7 Å². The van der Waals surface area contributed by atoms with Gasteiger partial charge in [0, 0.05) is 44.6 Å². The first-order valence-electron chi connectivity index (χ1n) is 8.69. The molecule has 0 spiro atoms. The molecule has 0 fully saturated rings. The van der Waals surface area contributed by atoms with Crippen molar-refractivity contribution in [2.24, 2.45) is 0 Å². The third-order valence-corrected chi connectivity index (χ3v) is 4.21. The molecular formula is C18H24N6O2. The van der Waals surface area contributed by atoms with Crippen LogP contribution in [0.5, 0.6) is 0 Å². The number of amides is 2. The molecule has 1 aliphatic rings. The minimum atomic E-state index is -0.158. The third-order valence-electron chi connectivity index (χ3n) is 4.21. The quantitative estimate of drug-likeness (QED) is 0.877. The highest BCUT2D eigenvalue weighted by Gasteiger charge is 2.21. The van der Waals surface area contributed by atoms with Gasteiger partial charge in [0.25, 0.3) is 5.56 Å². The second kappa shape index (κ2) is 8.09. The van der Waals surface area contributed by atoms with Gasteiger partial charge >= 0.3 is 6.03 Å². The number of hydrogen-bond donors (Lipinski definition) is 1. The summed E-state index contributed by atoms with van der Waals surface area (Å²) in [7, 11) is 3.87. The fourth-order valence-electron chi connectivity index (χ4n) is 3.01. The summed E-state index contributed by atoms with van der Waals surface area (Å²) >= 11 is 0. The van der Waals surface area contributed by atoms with Crippen molar-refractivity contribution >= 4 is 6.03 Å². The molecule has 0 saturated carbocycles. The number of rotatable bonds is 4. The first kappa shape index (κ1) is 18.1. The number of pyridine rings is 1. The largest absolute Gasteiger partial charge is 0.334 e. The summed E-state index contributed by atoms with van der Waals surface area (Å²) in [6, 6.07) is 5.18. The van der Waals surface area contributed by atoms with Gasteiger partial charge in [-0.15, -0.1) is 0 Å². The van der Waals surface area contributed by atoms with Gasteiger partial charge in [0.15, 0.2) is 0 Å². The van der Waals surface area contributed by atoms with Crippen molar-refractivity contribution < 1.29 is 4.79 Å². The Hall–Kier alpha value is -2.74. The molecule has 2 amide bonds. The Morgan fingerprint density at radius 2 is 2.19 bits per heavy atom. The summed E-state index contributed by atoms with van der Waals surface area (Å²) in [4.78, 5) is 37.3. The lowest BCUT2D eigenvalue weighted by molar-refractivity contribution is 0.195. The van der Waals surface area contributed by atoms with Crippen molar-refractivity contribution in [3.05, 3.63) is 58.0 Å². The molecule has 0 aliphatic carbocycles. The summed E-state index contributed by atoms with van der Waals surface area (Å²) in [5.74, 6) is 0.642. The highest BCUT2D eigenvalue weighted by Crippen LogP contribution is 2.10. The summed E-state index contributed by atoms with van der Waals surface area (Å²) < 4.78 is 1.67. The molecule has 0 radical (unpaired) electrons. The number of carbonyl (C=O) groups excluding carboxylic acids is 1. The van der Waals surface area contributed by atoms with E-state index in [0.29, 0.717) is 38.5 Å². The Morgan fingerprint density at radius 1 is 1.35 bits per heavy atom. The Bertz CT molecular complexity index is 818. The summed E-state index contributed by atoms with van der Waals surface area (Å²) in [6.07, 6.45) is 4.15. The van der Waals surface area contributed by atoms with Crippen LogP contribution in [-0.2, 0) is 26.2 Å². The molecule has 1 N–H and O–H groups in total. The molecule has 2 aromatic rings. The number of fused-ring (bicyclic) bond motifs is 1. The van der Waals surface area contributed by atoms with Crippen LogP contribution in [0.2, 0.25) is 0 Å². The number of urea groups is 1. The van der Waals surface area contributed by atoms with Crippen molar-refractivity contribution in [1.29, 1.82) is 0 Å². The van der Waals surface area contributed by atoms with E-state index in [-0.39, 0.29) is 11.6 Å². The first-order valence-corrected chi connectivity index (χ1v) is 8.69.